The quantitative estimate of drug-likeness (QED) is 0.217. The maximum absolute atomic E-state index is 9.10. The monoisotopic (exact) mass is 437 g/mol. The fourth-order valence-corrected chi connectivity index (χ4v) is 2.95. The molecular formula is C18H19N3O8S. The van der Waals surface area contributed by atoms with Gasteiger partial charge in [0.15, 0.2) is 0 Å². The topological polar surface area (TPSA) is 214 Å². The van der Waals surface area contributed by atoms with Gasteiger partial charge in [-0.2, -0.15) is 0 Å². The molecule has 1 unspecified atom stereocenters. The molecule has 1 aliphatic rings. The smallest absolute Gasteiger partial charge is 0.414 e. The zero-order valence-corrected chi connectivity index (χ0v) is 16.2. The number of rotatable bonds is 2. The third kappa shape index (κ3) is 8.08. The molecule has 0 spiro atoms. The van der Waals surface area contributed by atoms with Crippen LogP contribution < -0.4 is 11.5 Å². The molecule has 3 rings (SSSR count). The average molecular weight is 437 g/mol. The van der Waals surface area contributed by atoms with Gasteiger partial charge in [-0.1, -0.05) is 12.1 Å². The summed E-state index contributed by atoms with van der Waals surface area (Å²) in [7, 11) is 0. The highest BCUT2D eigenvalue weighted by molar-refractivity contribution is 7.12. The number of hydrogen-bond donors (Lipinski definition) is 6. The summed E-state index contributed by atoms with van der Waals surface area (Å²) in [5.41, 5.74) is 15.5. The second-order valence-electron chi connectivity index (χ2n) is 5.82. The first-order valence-electron chi connectivity index (χ1n) is 8.19. The van der Waals surface area contributed by atoms with Gasteiger partial charge in [-0.3, -0.25) is 0 Å². The number of carbonyl (C=O) groups is 4. The molecule has 0 fully saturated rings. The van der Waals surface area contributed by atoms with Crippen molar-refractivity contribution in [3.05, 3.63) is 51.7 Å². The van der Waals surface area contributed by atoms with E-state index in [1.165, 1.54) is 11.1 Å². The summed E-state index contributed by atoms with van der Waals surface area (Å²) in [4.78, 5) is 41.9. The predicted molar refractivity (Wildman–Crippen MR) is 107 cm³/mol. The zero-order chi connectivity index (χ0) is 22.8. The van der Waals surface area contributed by atoms with Gasteiger partial charge in [0.2, 0.25) is 0 Å². The number of nitrogens with zero attached hydrogens (tertiary/aromatic N) is 1. The Bertz CT molecular complexity index is 908. The van der Waals surface area contributed by atoms with Gasteiger partial charge >= 0.3 is 23.9 Å². The molecule has 1 atom stereocenters. The average Bonchev–Trinajstić information content (AvgIpc) is 3.31. The van der Waals surface area contributed by atoms with Crippen LogP contribution in [0.1, 0.15) is 16.0 Å². The first kappa shape index (κ1) is 24.3. The number of carboxylic acids is 4. The summed E-state index contributed by atoms with van der Waals surface area (Å²) >= 11 is 1.60. The standard InChI is InChI=1S/C14H15N3S.2C2H2O4/c15-11-6-9-3-4-12(8-10(9)7-11)17-14(16)13-2-1-5-18-13;2*3-1(4)2(5)6/h1-5,8,11H,6-7,15H2,(H2,16,17);2*(H,3,4)(H,5,6). The summed E-state index contributed by atoms with van der Waals surface area (Å²) in [5, 5.41) is 31.6. The number of hydrogen-bond acceptors (Lipinski definition) is 7. The van der Waals surface area contributed by atoms with Crippen LogP contribution in [-0.4, -0.2) is 56.2 Å². The van der Waals surface area contributed by atoms with Crippen molar-refractivity contribution >= 4 is 46.7 Å². The van der Waals surface area contributed by atoms with E-state index >= 15 is 0 Å². The second kappa shape index (κ2) is 11.3. The van der Waals surface area contributed by atoms with Gasteiger partial charge in [-0.15, -0.1) is 11.3 Å². The Kier molecular flexibility index (Phi) is 9.13. The Labute approximate surface area is 173 Å². The van der Waals surface area contributed by atoms with E-state index in [2.05, 4.69) is 17.1 Å². The summed E-state index contributed by atoms with van der Waals surface area (Å²) in [6.07, 6.45) is 1.91. The molecule has 30 heavy (non-hydrogen) atoms. The molecule has 11 nitrogen and oxygen atoms in total. The minimum absolute atomic E-state index is 0.258. The third-order valence-electron chi connectivity index (χ3n) is 3.54. The first-order chi connectivity index (χ1) is 14.0. The highest BCUT2D eigenvalue weighted by Crippen LogP contribution is 2.26. The number of aliphatic carboxylic acids is 4. The van der Waals surface area contributed by atoms with E-state index in [9.17, 15) is 0 Å². The number of carboxylic acid groups (broad SMARTS) is 4. The van der Waals surface area contributed by atoms with E-state index in [-0.39, 0.29) is 6.04 Å². The fraction of sp³-hybridized carbons (Fsp3) is 0.167. The molecule has 12 heteroatoms. The SMILES string of the molecule is NC(=Nc1ccc2c(c1)CC(N)C2)c1cccs1.O=C(O)C(=O)O.O=C(O)C(=O)O. The minimum Gasteiger partial charge on any atom is -0.473 e. The Morgan fingerprint density at radius 3 is 1.90 bits per heavy atom. The maximum Gasteiger partial charge on any atom is 0.414 e. The minimum atomic E-state index is -1.82. The maximum atomic E-state index is 9.10. The molecule has 1 heterocycles. The zero-order valence-electron chi connectivity index (χ0n) is 15.4. The van der Waals surface area contributed by atoms with Gasteiger partial charge in [-0.25, -0.2) is 24.2 Å². The highest BCUT2D eigenvalue weighted by atomic mass is 32.1. The Morgan fingerprint density at radius 2 is 1.43 bits per heavy atom. The van der Waals surface area contributed by atoms with Crippen molar-refractivity contribution in [2.24, 2.45) is 16.5 Å². The number of aliphatic imine (C=N–C) groups is 1. The van der Waals surface area contributed by atoms with Crippen molar-refractivity contribution in [1.82, 2.24) is 0 Å². The largest absolute Gasteiger partial charge is 0.473 e. The van der Waals surface area contributed by atoms with Crippen LogP contribution in [0.2, 0.25) is 0 Å². The molecule has 160 valence electrons. The molecule has 0 aliphatic heterocycles. The molecule has 0 radical (unpaired) electrons. The van der Waals surface area contributed by atoms with Gasteiger partial charge in [0.25, 0.3) is 0 Å². The fourth-order valence-electron chi connectivity index (χ4n) is 2.33. The van der Waals surface area contributed by atoms with Crippen LogP contribution in [0, 0.1) is 0 Å². The lowest BCUT2D eigenvalue weighted by atomic mass is 10.1. The van der Waals surface area contributed by atoms with Gasteiger partial charge in [-0.05, 0) is 47.5 Å². The molecule has 0 saturated carbocycles. The predicted octanol–water partition coefficient (Wildman–Crippen LogP) is 0.522. The van der Waals surface area contributed by atoms with E-state index in [1.54, 1.807) is 11.3 Å². The third-order valence-corrected chi connectivity index (χ3v) is 4.44. The number of fused-ring (bicyclic) bond motifs is 1. The lowest BCUT2D eigenvalue weighted by Gasteiger charge is -2.01. The van der Waals surface area contributed by atoms with Crippen LogP contribution in [0.15, 0.2) is 40.7 Å². The number of nitrogens with two attached hydrogens (primary N) is 2. The molecule has 2 aromatic rings. The van der Waals surface area contributed by atoms with Crippen molar-refractivity contribution in [1.29, 1.82) is 0 Å². The number of thiophene rings is 1. The molecular weight excluding hydrogens is 418 g/mol. The second-order valence-corrected chi connectivity index (χ2v) is 6.76. The number of amidine groups is 1. The van der Waals surface area contributed by atoms with E-state index in [4.69, 9.17) is 51.1 Å². The molecule has 1 aromatic carbocycles. The molecule has 1 aliphatic carbocycles. The normalized spacial score (nSPS) is 14.3. The van der Waals surface area contributed by atoms with Crippen LogP contribution in [-0.2, 0) is 32.0 Å². The van der Waals surface area contributed by atoms with E-state index in [0.29, 0.717) is 5.84 Å². The van der Waals surface area contributed by atoms with Gasteiger partial charge < -0.3 is 31.9 Å². The highest BCUT2D eigenvalue weighted by Gasteiger charge is 2.18. The molecule has 8 N–H and O–H groups in total. The Balaban J connectivity index is 0.000000312. The molecule has 0 amide bonds. The van der Waals surface area contributed by atoms with E-state index < -0.39 is 23.9 Å². The lowest BCUT2D eigenvalue weighted by Crippen LogP contribution is -2.18. The van der Waals surface area contributed by atoms with Crippen LogP contribution in [0.4, 0.5) is 5.69 Å². The van der Waals surface area contributed by atoms with Crippen molar-refractivity contribution in [3.8, 4) is 0 Å². The van der Waals surface area contributed by atoms with Gasteiger partial charge in [0.1, 0.15) is 5.84 Å². The van der Waals surface area contributed by atoms with Crippen molar-refractivity contribution in [3.63, 3.8) is 0 Å². The van der Waals surface area contributed by atoms with Gasteiger partial charge in [0.05, 0.1) is 10.6 Å². The van der Waals surface area contributed by atoms with Crippen molar-refractivity contribution in [2.75, 3.05) is 0 Å². The molecule has 0 saturated heterocycles. The Hall–Kier alpha value is -3.77. The van der Waals surface area contributed by atoms with Crippen LogP contribution >= 0.6 is 11.3 Å². The van der Waals surface area contributed by atoms with Crippen LogP contribution in [0.5, 0.6) is 0 Å². The van der Waals surface area contributed by atoms with Crippen LogP contribution in [0.25, 0.3) is 0 Å². The summed E-state index contributed by atoms with van der Waals surface area (Å²) in [6.45, 7) is 0. The van der Waals surface area contributed by atoms with E-state index in [1.807, 2.05) is 23.6 Å². The van der Waals surface area contributed by atoms with E-state index in [0.717, 1.165) is 23.4 Å². The molecule has 1 aromatic heterocycles. The van der Waals surface area contributed by atoms with Gasteiger partial charge in [0, 0.05) is 6.04 Å². The first-order valence-corrected chi connectivity index (χ1v) is 9.07. The lowest BCUT2D eigenvalue weighted by molar-refractivity contribution is -0.159. The van der Waals surface area contributed by atoms with Crippen LogP contribution in [0.3, 0.4) is 0 Å². The summed E-state index contributed by atoms with van der Waals surface area (Å²) in [6, 6.07) is 10.4. The summed E-state index contributed by atoms with van der Waals surface area (Å²) in [5.74, 6) is -6.72. The molecule has 0 bridgehead atoms. The number of benzene rings is 1. The summed E-state index contributed by atoms with van der Waals surface area (Å²) < 4.78 is 0. The van der Waals surface area contributed by atoms with Crippen molar-refractivity contribution < 1.29 is 39.6 Å². The Morgan fingerprint density at radius 1 is 0.900 bits per heavy atom. The van der Waals surface area contributed by atoms with Crippen molar-refractivity contribution in [2.45, 2.75) is 18.9 Å².